The van der Waals surface area contributed by atoms with Gasteiger partial charge in [0.1, 0.15) is 0 Å². The van der Waals surface area contributed by atoms with E-state index in [0.717, 1.165) is 37.1 Å². The lowest BCUT2D eigenvalue weighted by Crippen LogP contribution is -2.43. The van der Waals surface area contributed by atoms with Gasteiger partial charge in [0.15, 0.2) is 0 Å². The van der Waals surface area contributed by atoms with Crippen LogP contribution in [0.4, 0.5) is 0 Å². The molecule has 1 aliphatic carbocycles. The molecular formula is C19H30ClN3O2S. The minimum absolute atomic E-state index is 0. The number of allylic oxidation sites excluding steroid dienone is 1. The average Bonchev–Trinajstić information content (AvgIpc) is 3.39. The summed E-state index contributed by atoms with van der Waals surface area (Å²) in [5.74, 6) is 0.638. The average molecular weight is 400 g/mol. The Hall–Kier alpha value is -0.920. The van der Waals surface area contributed by atoms with Gasteiger partial charge >= 0.3 is 0 Å². The number of sulfonamides is 1. The van der Waals surface area contributed by atoms with Crippen LogP contribution in [0.3, 0.4) is 0 Å². The largest absolute Gasteiger partial charge is 0.324 e. The van der Waals surface area contributed by atoms with Crippen molar-refractivity contribution in [3.8, 4) is 0 Å². The Morgan fingerprint density at radius 2 is 1.88 bits per heavy atom. The van der Waals surface area contributed by atoms with Gasteiger partial charge in [-0.1, -0.05) is 18.2 Å². The maximum absolute atomic E-state index is 12.8. The molecule has 1 atom stereocenters. The molecule has 3 N–H and O–H groups in total. The van der Waals surface area contributed by atoms with E-state index in [9.17, 15) is 8.42 Å². The second-order valence-electron chi connectivity index (χ2n) is 7.47. The maximum Gasteiger partial charge on any atom is 0.240 e. The monoisotopic (exact) mass is 399 g/mol. The van der Waals surface area contributed by atoms with Crippen LogP contribution in [0.15, 0.2) is 29.2 Å². The molecule has 1 aromatic carbocycles. The molecule has 2 aliphatic rings. The summed E-state index contributed by atoms with van der Waals surface area (Å²) in [5, 5.41) is 0. The molecule has 3 rings (SSSR count). The molecule has 26 heavy (non-hydrogen) atoms. The number of hydrogen-bond acceptors (Lipinski definition) is 4. The Balaban J connectivity index is 0.00000243. The minimum atomic E-state index is -3.51. The highest BCUT2D eigenvalue weighted by atomic mass is 35.5. The Morgan fingerprint density at radius 3 is 2.46 bits per heavy atom. The molecule has 1 aromatic rings. The lowest BCUT2D eigenvalue weighted by Gasteiger charge is -2.29. The molecule has 0 bridgehead atoms. The fourth-order valence-corrected chi connectivity index (χ4v) is 4.56. The molecule has 5 nitrogen and oxygen atoms in total. The molecule has 0 spiro atoms. The van der Waals surface area contributed by atoms with Crippen molar-refractivity contribution in [1.29, 1.82) is 0 Å². The van der Waals surface area contributed by atoms with Gasteiger partial charge in [0, 0.05) is 12.1 Å². The number of nitrogens with zero attached hydrogens (tertiary/aromatic N) is 1. The van der Waals surface area contributed by atoms with Crippen LogP contribution in [-0.4, -0.2) is 39.5 Å². The van der Waals surface area contributed by atoms with E-state index < -0.39 is 10.0 Å². The van der Waals surface area contributed by atoms with Crippen LogP contribution < -0.4 is 10.5 Å². The second-order valence-corrected chi connectivity index (χ2v) is 9.19. The van der Waals surface area contributed by atoms with E-state index >= 15 is 0 Å². The highest BCUT2D eigenvalue weighted by Gasteiger charge is 2.24. The SMILES string of the molecule is C[C@H](N)c1ccc(S(=O)(=O)NC2CCN(C)CC2)cc1/C=C/C1CC1.Cl. The van der Waals surface area contributed by atoms with Crippen LogP contribution in [0.1, 0.15) is 49.8 Å². The Bertz CT molecular complexity index is 737. The Morgan fingerprint density at radius 1 is 1.23 bits per heavy atom. The fourth-order valence-electron chi connectivity index (χ4n) is 3.22. The van der Waals surface area contributed by atoms with Crippen molar-refractivity contribution in [3.63, 3.8) is 0 Å². The summed E-state index contributed by atoms with van der Waals surface area (Å²) in [4.78, 5) is 2.55. The molecular weight excluding hydrogens is 370 g/mol. The summed E-state index contributed by atoms with van der Waals surface area (Å²) in [7, 11) is -1.44. The van der Waals surface area contributed by atoms with Gasteiger partial charge in [-0.05, 0) is 81.9 Å². The third-order valence-corrected chi connectivity index (χ3v) is 6.59. The second kappa shape index (κ2) is 8.85. The van der Waals surface area contributed by atoms with Crippen molar-refractivity contribution in [2.45, 2.75) is 49.6 Å². The van der Waals surface area contributed by atoms with Crippen molar-refractivity contribution in [2.24, 2.45) is 11.7 Å². The zero-order chi connectivity index (χ0) is 18.0. The molecule has 0 aromatic heterocycles. The fraction of sp³-hybridized carbons (Fsp3) is 0.579. The summed E-state index contributed by atoms with van der Waals surface area (Å²) in [6.07, 6.45) is 8.34. The van der Waals surface area contributed by atoms with E-state index in [2.05, 4.69) is 22.7 Å². The van der Waals surface area contributed by atoms with E-state index in [1.165, 1.54) is 12.8 Å². The summed E-state index contributed by atoms with van der Waals surface area (Å²) >= 11 is 0. The number of nitrogens with one attached hydrogen (secondary N) is 1. The van der Waals surface area contributed by atoms with Gasteiger partial charge in [0.2, 0.25) is 10.0 Å². The first-order valence-corrected chi connectivity index (χ1v) is 10.6. The van der Waals surface area contributed by atoms with Crippen molar-refractivity contribution in [3.05, 3.63) is 35.4 Å². The first-order valence-electron chi connectivity index (χ1n) is 9.14. The van der Waals surface area contributed by atoms with Gasteiger partial charge in [-0.3, -0.25) is 0 Å². The lowest BCUT2D eigenvalue weighted by molar-refractivity contribution is 0.248. The normalized spacial score (nSPS) is 20.9. The number of halogens is 1. The van der Waals surface area contributed by atoms with E-state index in [1.807, 2.05) is 19.1 Å². The number of rotatable bonds is 6. The summed E-state index contributed by atoms with van der Waals surface area (Å²) in [5.41, 5.74) is 7.95. The standard InChI is InChI=1S/C19H29N3O2S.ClH/c1-14(20)19-8-7-18(13-16(19)6-5-15-3-4-15)25(23,24)21-17-9-11-22(2)12-10-17;/h5-8,13-15,17,21H,3-4,9-12,20H2,1-2H3;1H/b6-5+;/t14-;/m0./s1. The van der Waals surface area contributed by atoms with E-state index in [0.29, 0.717) is 10.8 Å². The van der Waals surface area contributed by atoms with Crippen LogP contribution in [-0.2, 0) is 10.0 Å². The topological polar surface area (TPSA) is 75.4 Å². The van der Waals surface area contributed by atoms with Crippen LogP contribution >= 0.6 is 12.4 Å². The zero-order valence-corrected chi connectivity index (χ0v) is 17.2. The molecule has 2 fully saturated rings. The van der Waals surface area contributed by atoms with Crippen LogP contribution in [0.2, 0.25) is 0 Å². The molecule has 0 unspecified atom stereocenters. The number of benzene rings is 1. The van der Waals surface area contributed by atoms with Crippen molar-refractivity contribution in [2.75, 3.05) is 20.1 Å². The van der Waals surface area contributed by atoms with Crippen molar-refractivity contribution in [1.82, 2.24) is 9.62 Å². The van der Waals surface area contributed by atoms with Gasteiger partial charge in [-0.25, -0.2) is 13.1 Å². The maximum atomic E-state index is 12.8. The summed E-state index contributed by atoms with van der Waals surface area (Å²) in [6, 6.07) is 5.16. The van der Waals surface area contributed by atoms with Gasteiger partial charge in [-0.15, -0.1) is 12.4 Å². The Labute approximate surface area is 163 Å². The summed E-state index contributed by atoms with van der Waals surface area (Å²) in [6.45, 7) is 3.77. The van der Waals surface area contributed by atoms with E-state index in [1.54, 1.807) is 12.1 Å². The third kappa shape index (κ3) is 5.54. The van der Waals surface area contributed by atoms with E-state index in [4.69, 9.17) is 5.73 Å². The molecule has 146 valence electrons. The smallest absolute Gasteiger partial charge is 0.240 e. The number of piperidine rings is 1. The number of likely N-dealkylation sites (tertiary alicyclic amines) is 1. The van der Waals surface area contributed by atoms with Crippen molar-refractivity contribution < 1.29 is 8.42 Å². The molecule has 0 amide bonds. The molecule has 0 radical (unpaired) electrons. The van der Waals surface area contributed by atoms with Crippen molar-refractivity contribution >= 4 is 28.5 Å². The highest BCUT2D eigenvalue weighted by Crippen LogP contribution is 2.32. The van der Waals surface area contributed by atoms with Gasteiger partial charge in [0.25, 0.3) is 0 Å². The lowest BCUT2D eigenvalue weighted by atomic mass is 10.0. The molecule has 1 aliphatic heterocycles. The van der Waals surface area contributed by atoms with Crippen LogP contribution in [0, 0.1) is 5.92 Å². The van der Waals surface area contributed by atoms with E-state index in [-0.39, 0.29) is 24.5 Å². The molecule has 7 heteroatoms. The first kappa shape index (κ1) is 21.4. The number of hydrogen-bond donors (Lipinski definition) is 2. The first-order chi connectivity index (χ1) is 11.8. The van der Waals surface area contributed by atoms with Crippen LogP contribution in [0.5, 0.6) is 0 Å². The zero-order valence-electron chi connectivity index (χ0n) is 15.5. The highest BCUT2D eigenvalue weighted by molar-refractivity contribution is 7.89. The van der Waals surface area contributed by atoms with Gasteiger partial charge in [-0.2, -0.15) is 0 Å². The van der Waals surface area contributed by atoms with Gasteiger partial charge < -0.3 is 10.6 Å². The molecule has 1 saturated heterocycles. The summed E-state index contributed by atoms with van der Waals surface area (Å²) < 4.78 is 28.4. The minimum Gasteiger partial charge on any atom is -0.324 e. The van der Waals surface area contributed by atoms with Crippen LogP contribution in [0.25, 0.3) is 6.08 Å². The quantitative estimate of drug-likeness (QED) is 0.771. The predicted octanol–water partition coefficient (Wildman–Crippen LogP) is 2.92. The Kier molecular flexibility index (Phi) is 7.27. The predicted molar refractivity (Wildman–Crippen MR) is 109 cm³/mol. The molecule has 1 heterocycles. The third-order valence-electron chi connectivity index (χ3n) is 5.07. The van der Waals surface area contributed by atoms with Gasteiger partial charge in [0.05, 0.1) is 4.90 Å². The molecule has 1 saturated carbocycles. The number of nitrogens with two attached hydrogens (primary N) is 1.